The molecule has 0 heterocycles. The van der Waals surface area contributed by atoms with Crippen LogP contribution in [0.5, 0.6) is 5.75 Å². The van der Waals surface area contributed by atoms with Gasteiger partial charge in [0.25, 0.3) is 5.91 Å². The van der Waals surface area contributed by atoms with Crippen LogP contribution in [-0.4, -0.2) is 49.5 Å². The number of carbonyl (C=O) groups is 2. The second-order valence-electron chi connectivity index (χ2n) is 5.85. The SMILES string of the molecule is CC(=O)Nc1ccc(S(=O)(=O)N(C)CC(=O)N/N=C\c2cccc(O)c2)cc1. The van der Waals surface area contributed by atoms with Crippen molar-refractivity contribution in [2.75, 3.05) is 18.9 Å². The highest BCUT2D eigenvalue weighted by molar-refractivity contribution is 7.89. The number of likely N-dealkylation sites (N-methyl/N-ethyl adjacent to an activating group) is 1. The lowest BCUT2D eigenvalue weighted by Gasteiger charge is -2.16. The van der Waals surface area contributed by atoms with E-state index in [-0.39, 0.29) is 16.6 Å². The van der Waals surface area contributed by atoms with Crippen molar-refractivity contribution in [1.82, 2.24) is 9.73 Å². The molecule has 0 aliphatic carbocycles. The monoisotopic (exact) mass is 404 g/mol. The summed E-state index contributed by atoms with van der Waals surface area (Å²) in [6, 6.07) is 11.9. The Morgan fingerprint density at radius 3 is 2.46 bits per heavy atom. The summed E-state index contributed by atoms with van der Waals surface area (Å²) in [5.41, 5.74) is 3.27. The number of anilines is 1. The van der Waals surface area contributed by atoms with E-state index in [2.05, 4.69) is 15.8 Å². The number of phenolic OH excluding ortho intramolecular Hbond substituents is 1. The Kier molecular flexibility index (Phi) is 6.85. The van der Waals surface area contributed by atoms with Gasteiger partial charge in [-0.05, 0) is 42.0 Å². The quantitative estimate of drug-likeness (QED) is 0.471. The Bertz CT molecular complexity index is 987. The van der Waals surface area contributed by atoms with Gasteiger partial charge in [0.15, 0.2) is 0 Å². The lowest BCUT2D eigenvalue weighted by atomic mass is 10.2. The summed E-state index contributed by atoms with van der Waals surface area (Å²) < 4.78 is 25.9. The zero-order valence-electron chi connectivity index (χ0n) is 15.3. The third-order valence-electron chi connectivity index (χ3n) is 3.52. The van der Waals surface area contributed by atoms with E-state index < -0.39 is 22.5 Å². The maximum atomic E-state index is 12.5. The molecule has 0 spiro atoms. The van der Waals surface area contributed by atoms with Crippen LogP contribution < -0.4 is 10.7 Å². The van der Waals surface area contributed by atoms with Crippen LogP contribution in [0.4, 0.5) is 5.69 Å². The van der Waals surface area contributed by atoms with Crippen molar-refractivity contribution < 1.29 is 23.1 Å². The van der Waals surface area contributed by atoms with Crippen LogP contribution in [0.1, 0.15) is 12.5 Å². The third kappa shape index (κ3) is 5.89. The molecular weight excluding hydrogens is 384 g/mol. The molecule has 2 aromatic carbocycles. The molecule has 2 aromatic rings. The Morgan fingerprint density at radius 2 is 1.86 bits per heavy atom. The number of carbonyl (C=O) groups excluding carboxylic acids is 2. The molecule has 28 heavy (non-hydrogen) atoms. The molecule has 0 radical (unpaired) electrons. The van der Waals surface area contributed by atoms with E-state index in [9.17, 15) is 23.1 Å². The van der Waals surface area contributed by atoms with E-state index in [1.54, 1.807) is 12.1 Å². The fourth-order valence-electron chi connectivity index (χ4n) is 2.20. The topological polar surface area (TPSA) is 128 Å². The van der Waals surface area contributed by atoms with Gasteiger partial charge >= 0.3 is 0 Å². The summed E-state index contributed by atoms with van der Waals surface area (Å²) >= 11 is 0. The third-order valence-corrected chi connectivity index (χ3v) is 5.34. The van der Waals surface area contributed by atoms with Gasteiger partial charge in [0, 0.05) is 19.7 Å². The fourth-order valence-corrected chi connectivity index (χ4v) is 3.33. The highest BCUT2D eigenvalue weighted by Gasteiger charge is 2.22. The second-order valence-corrected chi connectivity index (χ2v) is 7.90. The summed E-state index contributed by atoms with van der Waals surface area (Å²) in [6.07, 6.45) is 1.33. The van der Waals surface area contributed by atoms with Gasteiger partial charge in [-0.15, -0.1) is 0 Å². The zero-order chi connectivity index (χ0) is 20.7. The first kappa shape index (κ1) is 21.1. The number of hydrazone groups is 1. The van der Waals surface area contributed by atoms with Crippen molar-refractivity contribution in [3.63, 3.8) is 0 Å². The molecule has 0 aromatic heterocycles. The fraction of sp³-hybridized carbons (Fsp3) is 0.167. The normalized spacial score (nSPS) is 11.5. The molecule has 3 N–H and O–H groups in total. The first-order valence-electron chi connectivity index (χ1n) is 8.13. The molecule has 0 fully saturated rings. The molecule has 0 saturated carbocycles. The average Bonchev–Trinajstić information content (AvgIpc) is 2.61. The summed E-state index contributed by atoms with van der Waals surface area (Å²) in [5, 5.41) is 15.6. The summed E-state index contributed by atoms with van der Waals surface area (Å²) in [4.78, 5) is 22.9. The van der Waals surface area contributed by atoms with Crippen molar-refractivity contribution in [1.29, 1.82) is 0 Å². The number of hydrogen-bond donors (Lipinski definition) is 3. The van der Waals surface area contributed by atoms with Gasteiger partial charge < -0.3 is 10.4 Å². The van der Waals surface area contributed by atoms with Crippen molar-refractivity contribution in [3.8, 4) is 5.75 Å². The minimum atomic E-state index is -3.89. The summed E-state index contributed by atoms with van der Waals surface area (Å²) in [7, 11) is -2.61. The molecule has 0 unspecified atom stereocenters. The number of phenols is 1. The number of nitrogens with one attached hydrogen (secondary N) is 2. The van der Waals surface area contributed by atoms with Gasteiger partial charge in [-0.1, -0.05) is 12.1 Å². The molecule has 2 rings (SSSR count). The number of sulfonamides is 1. The number of rotatable bonds is 7. The maximum absolute atomic E-state index is 12.5. The van der Waals surface area contributed by atoms with Crippen molar-refractivity contribution in [3.05, 3.63) is 54.1 Å². The van der Waals surface area contributed by atoms with Crippen molar-refractivity contribution >= 4 is 33.7 Å². The highest BCUT2D eigenvalue weighted by atomic mass is 32.2. The Hall–Kier alpha value is -3.24. The van der Waals surface area contributed by atoms with Crippen molar-refractivity contribution in [2.24, 2.45) is 5.10 Å². The minimum absolute atomic E-state index is 0.0137. The first-order valence-corrected chi connectivity index (χ1v) is 9.57. The van der Waals surface area contributed by atoms with E-state index in [1.807, 2.05) is 0 Å². The Morgan fingerprint density at radius 1 is 1.18 bits per heavy atom. The van der Waals surface area contributed by atoms with Crippen LogP contribution in [-0.2, 0) is 19.6 Å². The standard InChI is InChI=1S/C18H20N4O5S/c1-13(23)20-15-6-8-17(9-7-15)28(26,27)22(2)12-18(25)21-19-11-14-4-3-5-16(24)10-14/h3-11,24H,12H2,1-2H3,(H,20,23)(H,21,25)/b19-11-. The highest BCUT2D eigenvalue weighted by Crippen LogP contribution is 2.17. The van der Waals surface area contributed by atoms with Crippen LogP contribution in [0.25, 0.3) is 0 Å². The molecule has 148 valence electrons. The molecule has 9 nitrogen and oxygen atoms in total. The van der Waals surface area contributed by atoms with E-state index in [4.69, 9.17) is 0 Å². The Labute approximate surface area is 162 Å². The van der Waals surface area contributed by atoms with E-state index in [0.717, 1.165) is 4.31 Å². The first-order chi connectivity index (χ1) is 13.2. The zero-order valence-corrected chi connectivity index (χ0v) is 16.1. The van der Waals surface area contributed by atoms with E-state index >= 15 is 0 Å². The van der Waals surface area contributed by atoms with Crippen LogP contribution in [0.2, 0.25) is 0 Å². The predicted octanol–water partition coefficient (Wildman–Crippen LogP) is 1.12. The molecule has 0 saturated heterocycles. The molecule has 0 bridgehead atoms. The minimum Gasteiger partial charge on any atom is -0.508 e. The molecule has 0 aliphatic rings. The maximum Gasteiger partial charge on any atom is 0.255 e. The van der Waals surface area contributed by atoms with E-state index in [0.29, 0.717) is 11.3 Å². The summed E-state index contributed by atoms with van der Waals surface area (Å²) in [6.45, 7) is 0.910. The molecule has 0 aliphatic heterocycles. The van der Waals surface area contributed by atoms with Gasteiger partial charge in [-0.25, -0.2) is 13.8 Å². The van der Waals surface area contributed by atoms with Gasteiger partial charge in [0.2, 0.25) is 15.9 Å². The summed E-state index contributed by atoms with van der Waals surface area (Å²) in [5.74, 6) is -0.835. The molecule has 0 atom stereocenters. The second kappa shape index (κ2) is 9.11. The van der Waals surface area contributed by atoms with Gasteiger partial charge in [0.1, 0.15) is 5.75 Å². The average molecular weight is 404 g/mol. The lowest BCUT2D eigenvalue weighted by Crippen LogP contribution is -2.36. The largest absolute Gasteiger partial charge is 0.508 e. The number of benzene rings is 2. The smallest absolute Gasteiger partial charge is 0.255 e. The van der Waals surface area contributed by atoms with Crippen molar-refractivity contribution in [2.45, 2.75) is 11.8 Å². The Balaban J connectivity index is 1.97. The number of amides is 2. The number of aromatic hydroxyl groups is 1. The lowest BCUT2D eigenvalue weighted by molar-refractivity contribution is -0.121. The van der Waals surface area contributed by atoms with Gasteiger partial charge in [-0.2, -0.15) is 9.41 Å². The molecular formula is C18H20N4O5S. The van der Waals surface area contributed by atoms with Crippen LogP contribution >= 0.6 is 0 Å². The van der Waals surface area contributed by atoms with Crippen LogP contribution in [0.15, 0.2) is 58.5 Å². The number of nitrogens with zero attached hydrogens (tertiary/aromatic N) is 2. The van der Waals surface area contributed by atoms with E-state index in [1.165, 1.54) is 56.6 Å². The van der Waals surface area contributed by atoms with Gasteiger partial charge in [-0.3, -0.25) is 9.59 Å². The molecule has 10 heteroatoms. The van der Waals surface area contributed by atoms with Crippen LogP contribution in [0, 0.1) is 0 Å². The van der Waals surface area contributed by atoms with Gasteiger partial charge in [0.05, 0.1) is 17.7 Å². The number of hydrogen-bond acceptors (Lipinski definition) is 6. The predicted molar refractivity (Wildman–Crippen MR) is 104 cm³/mol. The van der Waals surface area contributed by atoms with Crippen LogP contribution in [0.3, 0.4) is 0 Å². The molecule has 2 amide bonds.